The van der Waals surface area contributed by atoms with E-state index in [-0.39, 0.29) is 24.9 Å². The van der Waals surface area contributed by atoms with Crippen LogP contribution in [0.2, 0.25) is 0 Å². The number of esters is 1. The minimum atomic E-state index is -1.18. The first-order chi connectivity index (χ1) is 14.9. The number of aliphatic hydroxyl groups is 2. The molecule has 5 atom stereocenters. The maximum absolute atomic E-state index is 14.4. The molecule has 0 bridgehead atoms. The number of carbonyl (C=O) groups excluding carboxylic acids is 1. The first-order valence-corrected chi connectivity index (χ1v) is 10.6. The van der Waals surface area contributed by atoms with Gasteiger partial charge in [0.1, 0.15) is 31.3 Å². The van der Waals surface area contributed by atoms with Crippen LogP contribution in [0.15, 0.2) is 48.6 Å². The third-order valence-electron chi connectivity index (χ3n) is 5.46. The Hall–Kier alpha value is -2.25. The molecule has 0 radical (unpaired) electrons. The second kappa shape index (κ2) is 13.2. The van der Waals surface area contributed by atoms with Crippen molar-refractivity contribution < 1.29 is 33.3 Å². The second-order valence-electron chi connectivity index (χ2n) is 7.78. The highest BCUT2D eigenvalue weighted by atomic mass is 19.1. The predicted octanol–water partition coefficient (Wildman–Crippen LogP) is 4.08. The van der Waals surface area contributed by atoms with E-state index in [1.165, 1.54) is 13.2 Å². The fraction of sp³-hybridized carbons (Fsp3) is 0.542. The van der Waals surface area contributed by atoms with Crippen molar-refractivity contribution in [2.24, 2.45) is 11.8 Å². The number of benzene rings is 1. The summed E-state index contributed by atoms with van der Waals surface area (Å²) >= 11 is 0. The number of halogens is 2. The Morgan fingerprint density at radius 1 is 1.35 bits per heavy atom. The second-order valence-corrected chi connectivity index (χ2v) is 7.78. The van der Waals surface area contributed by atoms with Gasteiger partial charge in [-0.05, 0) is 42.9 Å². The number of methoxy groups -OCH3 is 1. The van der Waals surface area contributed by atoms with E-state index in [4.69, 9.17) is 4.74 Å². The summed E-state index contributed by atoms with van der Waals surface area (Å²) in [7, 11) is 1.36. The third-order valence-corrected chi connectivity index (χ3v) is 5.46. The van der Waals surface area contributed by atoms with E-state index in [2.05, 4.69) is 4.74 Å². The van der Waals surface area contributed by atoms with Gasteiger partial charge >= 0.3 is 5.97 Å². The molecule has 1 aromatic carbocycles. The van der Waals surface area contributed by atoms with Crippen molar-refractivity contribution in [2.75, 3.05) is 13.7 Å². The number of carbonyl (C=O) groups is 1. The van der Waals surface area contributed by atoms with E-state index >= 15 is 0 Å². The van der Waals surface area contributed by atoms with Gasteiger partial charge in [-0.2, -0.15) is 0 Å². The molecule has 0 spiro atoms. The standard InChI is InChI=1S/C24H32F2O5/c1-30-24(29)10-5-3-2-4-9-21-20(22(26)14-23(21)28)12-11-18(27)16-31-19-8-6-7-17(13-19)15-25/h2,4,6-8,11-13,18,20-23,27-28H,3,5,9-10,14-16H2,1H3/t18?,20-,21-,22?,23?/m1/s1. The lowest BCUT2D eigenvalue weighted by molar-refractivity contribution is -0.140. The molecule has 1 aliphatic carbocycles. The maximum Gasteiger partial charge on any atom is 0.305 e. The number of ether oxygens (including phenoxy) is 2. The lowest BCUT2D eigenvalue weighted by Crippen LogP contribution is -2.20. The van der Waals surface area contributed by atoms with Crippen LogP contribution >= 0.6 is 0 Å². The SMILES string of the molecule is COC(=O)CCCC=CC[C@H]1C(O)CC(F)[C@@H]1C=CC(O)COc1cccc(CF)c1. The van der Waals surface area contributed by atoms with Crippen LogP contribution in [0.4, 0.5) is 8.78 Å². The summed E-state index contributed by atoms with van der Waals surface area (Å²) in [4.78, 5) is 11.1. The number of hydrogen-bond donors (Lipinski definition) is 2. The largest absolute Gasteiger partial charge is 0.491 e. The summed E-state index contributed by atoms with van der Waals surface area (Å²) in [6.45, 7) is -0.633. The monoisotopic (exact) mass is 438 g/mol. The van der Waals surface area contributed by atoms with Crippen LogP contribution in [0.1, 0.15) is 37.7 Å². The molecule has 172 valence electrons. The molecular weight excluding hydrogens is 406 g/mol. The topological polar surface area (TPSA) is 76.0 Å². The van der Waals surface area contributed by atoms with Gasteiger partial charge in [-0.25, -0.2) is 8.78 Å². The van der Waals surface area contributed by atoms with Gasteiger partial charge in [-0.3, -0.25) is 4.79 Å². The van der Waals surface area contributed by atoms with Crippen molar-refractivity contribution in [1.82, 2.24) is 0 Å². The smallest absolute Gasteiger partial charge is 0.305 e. The fourth-order valence-electron chi connectivity index (χ4n) is 3.71. The van der Waals surface area contributed by atoms with Crippen LogP contribution in [-0.4, -0.2) is 48.3 Å². The van der Waals surface area contributed by atoms with E-state index < -0.39 is 31.0 Å². The molecule has 0 aliphatic heterocycles. The molecule has 0 saturated heterocycles. The van der Waals surface area contributed by atoms with Crippen molar-refractivity contribution in [2.45, 2.75) is 57.2 Å². The van der Waals surface area contributed by atoms with Gasteiger partial charge in [0.25, 0.3) is 0 Å². The summed E-state index contributed by atoms with van der Waals surface area (Å²) in [5.41, 5.74) is 0.490. The van der Waals surface area contributed by atoms with Gasteiger partial charge in [-0.15, -0.1) is 0 Å². The van der Waals surface area contributed by atoms with Crippen LogP contribution in [0.3, 0.4) is 0 Å². The first kappa shape index (κ1) is 25.0. The lowest BCUT2D eigenvalue weighted by atomic mass is 9.90. The molecule has 2 N–H and O–H groups in total. The molecule has 2 rings (SSSR count). The molecule has 3 unspecified atom stereocenters. The van der Waals surface area contributed by atoms with Gasteiger partial charge < -0.3 is 19.7 Å². The highest BCUT2D eigenvalue weighted by molar-refractivity contribution is 5.69. The Balaban J connectivity index is 1.82. The van der Waals surface area contributed by atoms with Crippen LogP contribution in [-0.2, 0) is 16.2 Å². The summed E-state index contributed by atoms with van der Waals surface area (Å²) < 4.78 is 37.2. The number of unbranched alkanes of at least 4 members (excludes halogenated alkanes) is 1. The molecule has 1 saturated carbocycles. The highest BCUT2D eigenvalue weighted by Crippen LogP contribution is 2.38. The summed E-state index contributed by atoms with van der Waals surface area (Å²) in [5, 5.41) is 20.4. The Bertz CT molecular complexity index is 736. The van der Waals surface area contributed by atoms with Crippen LogP contribution in [0.5, 0.6) is 5.75 Å². The Morgan fingerprint density at radius 3 is 2.90 bits per heavy atom. The highest BCUT2D eigenvalue weighted by Gasteiger charge is 2.40. The van der Waals surface area contributed by atoms with Gasteiger partial charge in [0.2, 0.25) is 0 Å². The number of allylic oxidation sites excluding steroid dienone is 3. The Labute approximate surface area is 182 Å². The quantitative estimate of drug-likeness (QED) is 0.292. The zero-order chi connectivity index (χ0) is 22.6. The average Bonchev–Trinajstić information content (AvgIpc) is 3.05. The van der Waals surface area contributed by atoms with E-state index in [0.717, 1.165) is 0 Å². The summed E-state index contributed by atoms with van der Waals surface area (Å²) in [5.74, 6) is -0.572. The molecule has 1 aromatic rings. The molecule has 7 heteroatoms. The van der Waals surface area contributed by atoms with Gasteiger partial charge in [0.15, 0.2) is 0 Å². The number of aliphatic hydroxyl groups excluding tert-OH is 2. The maximum atomic E-state index is 14.4. The van der Waals surface area contributed by atoms with E-state index in [0.29, 0.717) is 37.0 Å². The average molecular weight is 439 g/mol. The fourth-order valence-corrected chi connectivity index (χ4v) is 3.71. The molecule has 5 nitrogen and oxygen atoms in total. The Morgan fingerprint density at radius 2 is 2.16 bits per heavy atom. The molecular formula is C24H32F2O5. The number of hydrogen-bond acceptors (Lipinski definition) is 5. The van der Waals surface area contributed by atoms with Crippen LogP contribution < -0.4 is 4.74 Å². The molecule has 1 fully saturated rings. The third kappa shape index (κ3) is 8.42. The normalized spacial score (nSPS) is 24.7. The summed E-state index contributed by atoms with van der Waals surface area (Å²) in [6.07, 6.45) is 6.36. The Kier molecular flexibility index (Phi) is 10.7. The molecule has 0 aromatic heterocycles. The number of rotatable bonds is 12. The molecule has 0 heterocycles. The van der Waals surface area contributed by atoms with Gasteiger partial charge in [0, 0.05) is 18.8 Å². The number of alkyl halides is 2. The minimum Gasteiger partial charge on any atom is -0.491 e. The summed E-state index contributed by atoms with van der Waals surface area (Å²) in [6, 6.07) is 6.56. The molecule has 0 amide bonds. The zero-order valence-electron chi connectivity index (χ0n) is 17.8. The van der Waals surface area contributed by atoms with E-state index in [1.54, 1.807) is 30.3 Å². The van der Waals surface area contributed by atoms with Crippen molar-refractivity contribution in [3.8, 4) is 5.75 Å². The molecule has 31 heavy (non-hydrogen) atoms. The minimum absolute atomic E-state index is 0.0385. The van der Waals surface area contributed by atoms with Crippen molar-refractivity contribution in [3.05, 3.63) is 54.1 Å². The van der Waals surface area contributed by atoms with Crippen molar-refractivity contribution >= 4 is 5.97 Å². The van der Waals surface area contributed by atoms with Gasteiger partial charge in [-0.1, -0.05) is 36.4 Å². The van der Waals surface area contributed by atoms with E-state index in [9.17, 15) is 23.8 Å². The van der Waals surface area contributed by atoms with Crippen molar-refractivity contribution in [3.63, 3.8) is 0 Å². The van der Waals surface area contributed by atoms with E-state index in [1.807, 2.05) is 12.2 Å². The van der Waals surface area contributed by atoms with Crippen LogP contribution in [0.25, 0.3) is 0 Å². The first-order valence-electron chi connectivity index (χ1n) is 10.6. The van der Waals surface area contributed by atoms with Crippen LogP contribution in [0, 0.1) is 11.8 Å². The lowest BCUT2D eigenvalue weighted by Gasteiger charge is -2.19. The van der Waals surface area contributed by atoms with Crippen molar-refractivity contribution in [1.29, 1.82) is 0 Å². The molecule has 1 aliphatic rings. The van der Waals surface area contributed by atoms with Gasteiger partial charge in [0.05, 0.1) is 13.2 Å². The zero-order valence-corrected chi connectivity index (χ0v) is 17.8. The predicted molar refractivity (Wildman–Crippen MR) is 114 cm³/mol.